The fraction of sp³-hybridized carbons (Fsp3) is 0.333. The Hall–Kier alpha value is -2.67. The Balaban J connectivity index is 1.47. The number of carbonyl (C=O) groups excluding carboxylic acids is 2. The number of rotatable bonds is 4. The first-order valence-corrected chi connectivity index (χ1v) is 10.9. The number of likely N-dealkylation sites (tertiary alicyclic amines) is 1. The first-order valence-electron chi connectivity index (χ1n) is 9.30. The van der Waals surface area contributed by atoms with E-state index in [1.807, 2.05) is 12.1 Å². The molecule has 1 atom stereocenters. The molecule has 2 aliphatic heterocycles. The number of piperidine rings is 1. The third kappa shape index (κ3) is 3.30. The third-order valence-electron chi connectivity index (χ3n) is 5.42. The highest BCUT2D eigenvalue weighted by Gasteiger charge is 2.48. The van der Waals surface area contributed by atoms with E-state index in [4.69, 9.17) is 4.74 Å². The number of sulfone groups is 1. The molecule has 4 rings (SSSR count). The van der Waals surface area contributed by atoms with Crippen molar-refractivity contribution in [3.8, 4) is 0 Å². The molecule has 1 spiro atoms. The number of esters is 1. The van der Waals surface area contributed by atoms with Gasteiger partial charge in [0.15, 0.2) is 15.4 Å². The SMILES string of the molecule is O=C1OC2(CCCN(C(=O)CCS(=O)(=O)c3ccccc3)C2)c2ccccc21. The number of nitrogens with zero attached hydrogens (tertiary/aromatic N) is 1. The first kappa shape index (κ1) is 18.7. The standard InChI is InChI=1S/C21H21NO5S/c23-19(11-14-28(25,26)16-7-2-1-3-8-16)22-13-6-12-21(15-22)18-10-5-4-9-17(18)20(24)27-21/h1-5,7-10H,6,11-15H2. The van der Waals surface area contributed by atoms with Gasteiger partial charge in [-0.1, -0.05) is 36.4 Å². The number of hydrogen-bond acceptors (Lipinski definition) is 5. The van der Waals surface area contributed by atoms with Crippen LogP contribution < -0.4 is 0 Å². The molecule has 1 unspecified atom stereocenters. The molecule has 0 saturated carbocycles. The largest absolute Gasteiger partial charge is 0.449 e. The minimum absolute atomic E-state index is 0.0943. The van der Waals surface area contributed by atoms with Crippen LogP contribution in [0, 0.1) is 0 Å². The van der Waals surface area contributed by atoms with E-state index in [0.29, 0.717) is 24.9 Å². The van der Waals surface area contributed by atoms with Crippen molar-refractivity contribution in [3.63, 3.8) is 0 Å². The molecule has 2 heterocycles. The molecule has 0 aliphatic carbocycles. The number of hydrogen-bond donors (Lipinski definition) is 0. The number of ether oxygens (including phenoxy) is 1. The van der Waals surface area contributed by atoms with Crippen molar-refractivity contribution in [2.45, 2.75) is 29.8 Å². The minimum atomic E-state index is -3.51. The lowest BCUT2D eigenvalue weighted by Gasteiger charge is -2.39. The van der Waals surface area contributed by atoms with Gasteiger partial charge in [-0.25, -0.2) is 13.2 Å². The van der Waals surface area contributed by atoms with Gasteiger partial charge in [0, 0.05) is 18.5 Å². The molecule has 1 fully saturated rings. The number of fused-ring (bicyclic) bond motifs is 2. The average Bonchev–Trinajstić information content (AvgIpc) is 2.98. The number of benzene rings is 2. The molecule has 0 N–H and O–H groups in total. The second-order valence-corrected chi connectivity index (χ2v) is 9.34. The highest BCUT2D eigenvalue weighted by molar-refractivity contribution is 7.91. The van der Waals surface area contributed by atoms with E-state index in [1.165, 1.54) is 12.1 Å². The summed E-state index contributed by atoms with van der Waals surface area (Å²) < 4.78 is 30.6. The van der Waals surface area contributed by atoms with Crippen molar-refractivity contribution in [1.82, 2.24) is 4.90 Å². The predicted octanol–water partition coefficient (Wildman–Crippen LogP) is 2.54. The van der Waals surface area contributed by atoms with Crippen LogP contribution >= 0.6 is 0 Å². The molecule has 6 nitrogen and oxygen atoms in total. The maximum absolute atomic E-state index is 12.7. The molecule has 1 amide bonds. The van der Waals surface area contributed by atoms with Gasteiger partial charge in [-0.15, -0.1) is 0 Å². The van der Waals surface area contributed by atoms with E-state index in [0.717, 1.165) is 5.56 Å². The second-order valence-electron chi connectivity index (χ2n) is 7.23. The Morgan fingerprint density at radius 1 is 1.07 bits per heavy atom. The summed E-state index contributed by atoms with van der Waals surface area (Å²) in [5.41, 5.74) is 0.540. The molecule has 1 saturated heterocycles. The molecule has 2 aromatic carbocycles. The Kier molecular flexibility index (Phi) is 4.71. The summed E-state index contributed by atoms with van der Waals surface area (Å²) in [4.78, 5) is 26.8. The summed E-state index contributed by atoms with van der Waals surface area (Å²) in [6.45, 7) is 0.797. The smallest absolute Gasteiger partial charge is 0.339 e. The van der Waals surface area contributed by atoms with Crippen molar-refractivity contribution in [1.29, 1.82) is 0 Å². The van der Waals surface area contributed by atoms with E-state index in [-0.39, 0.29) is 35.5 Å². The zero-order valence-electron chi connectivity index (χ0n) is 15.3. The summed E-state index contributed by atoms with van der Waals surface area (Å²) in [6, 6.07) is 15.4. The van der Waals surface area contributed by atoms with Crippen LogP contribution in [0.1, 0.15) is 35.2 Å². The average molecular weight is 399 g/mol. The van der Waals surface area contributed by atoms with Gasteiger partial charge < -0.3 is 9.64 Å². The highest BCUT2D eigenvalue weighted by atomic mass is 32.2. The van der Waals surface area contributed by atoms with Gasteiger partial charge in [-0.3, -0.25) is 4.79 Å². The van der Waals surface area contributed by atoms with E-state index < -0.39 is 15.4 Å². The van der Waals surface area contributed by atoms with Crippen LogP contribution in [0.15, 0.2) is 59.5 Å². The minimum Gasteiger partial charge on any atom is -0.449 e. The van der Waals surface area contributed by atoms with Crippen molar-refractivity contribution in [3.05, 3.63) is 65.7 Å². The van der Waals surface area contributed by atoms with Crippen molar-refractivity contribution in [2.24, 2.45) is 0 Å². The van der Waals surface area contributed by atoms with Crippen LogP contribution in [0.2, 0.25) is 0 Å². The van der Waals surface area contributed by atoms with Gasteiger partial charge in [-0.2, -0.15) is 0 Å². The lowest BCUT2D eigenvalue weighted by atomic mass is 9.85. The van der Waals surface area contributed by atoms with Crippen molar-refractivity contribution >= 4 is 21.7 Å². The Morgan fingerprint density at radius 2 is 1.79 bits per heavy atom. The fourth-order valence-corrected chi connectivity index (χ4v) is 5.26. The fourth-order valence-electron chi connectivity index (χ4n) is 4.01. The van der Waals surface area contributed by atoms with E-state index in [1.54, 1.807) is 35.2 Å². The van der Waals surface area contributed by atoms with Crippen LogP contribution in [0.3, 0.4) is 0 Å². The first-order chi connectivity index (χ1) is 13.4. The molecule has 146 valence electrons. The van der Waals surface area contributed by atoms with E-state index in [2.05, 4.69) is 0 Å². The van der Waals surface area contributed by atoms with E-state index in [9.17, 15) is 18.0 Å². The maximum atomic E-state index is 12.7. The quantitative estimate of drug-likeness (QED) is 0.738. The summed E-state index contributed by atoms with van der Waals surface area (Å²) >= 11 is 0. The van der Waals surface area contributed by atoms with Gasteiger partial charge in [-0.05, 0) is 31.0 Å². The van der Waals surface area contributed by atoms with Crippen molar-refractivity contribution in [2.75, 3.05) is 18.8 Å². The topological polar surface area (TPSA) is 80.8 Å². The summed E-state index contributed by atoms with van der Waals surface area (Å²) in [6.07, 6.45) is 1.25. The van der Waals surface area contributed by atoms with Gasteiger partial charge >= 0.3 is 5.97 Å². The number of amides is 1. The molecule has 0 bridgehead atoms. The molecule has 0 aromatic heterocycles. The Morgan fingerprint density at radius 3 is 2.57 bits per heavy atom. The van der Waals surface area contributed by atoms with Crippen LogP contribution in [-0.4, -0.2) is 44.0 Å². The second kappa shape index (κ2) is 7.05. The monoisotopic (exact) mass is 399 g/mol. The normalized spacial score (nSPS) is 21.4. The molecule has 2 aliphatic rings. The Labute approximate surface area is 164 Å². The highest BCUT2D eigenvalue weighted by Crippen LogP contribution is 2.42. The van der Waals surface area contributed by atoms with Gasteiger partial charge in [0.1, 0.15) is 0 Å². The predicted molar refractivity (Wildman–Crippen MR) is 102 cm³/mol. The lowest BCUT2D eigenvalue weighted by Crippen LogP contribution is -2.49. The summed E-state index contributed by atoms with van der Waals surface area (Å²) in [7, 11) is -3.51. The Bertz CT molecular complexity index is 1020. The van der Waals surface area contributed by atoms with Crippen molar-refractivity contribution < 1.29 is 22.7 Å². The van der Waals surface area contributed by atoms with E-state index >= 15 is 0 Å². The van der Waals surface area contributed by atoms with Gasteiger partial charge in [0.25, 0.3) is 0 Å². The third-order valence-corrected chi connectivity index (χ3v) is 7.15. The molecule has 0 radical (unpaired) electrons. The molecular weight excluding hydrogens is 378 g/mol. The zero-order chi connectivity index (χ0) is 19.8. The van der Waals surface area contributed by atoms with Crippen LogP contribution in [0.25, 0.3) is 0 Å². The summed E-state index contributed by atoms with van der Waals surface area (Å²) in [5, 5.41) is 0. The lowest BCUT2D eigenvalue weighted by molar-refractivity contribution is -0.138. The van der Waals surface area contributed by atoms with Gasteiger partial charge in [0.05, 0.1) is 22.8 Å². The molecule has 28 heavy (non-hydrogen) atoms. The maximum Gasteiger partial charge on any atom is 0.339 e. The number of carbonyl (C=O) groups is 2. The van der Waals surface area contributed by atoms with Gasteiger partial charge in [0.2, 0.25) is 5.91 Å². The molecular formula is C21H21NO5S. The van der Waals surface area contributed by atoms with Crippen LogP contribution in [0.4, 0.5) is 0 Å². The summed E-state index contributed by atoms with van der Waals surface area (Å²) in [5.74, 6) is -0.842. The van der Waals surface area contributed by atoms with Crippen LogP contribution in [0.5, 0.6) is 0 Å². The zero-order valence-corrected chi connectivity index (χ0v) is 16.2. The van der Waals surface area contributed by atoms with Crippen LogP contribution in [-0.2, 0) is 25.0 Å². The molecule has 7 heteroatoms. The molecule has 2 aromatic rings.